The van der Waals surface area contributed by atoms with Crippen LogP contribution in [0.1, 0.15) is 77.2 Å². The number of aromatic nitrogens is 1. The lowest BCUT2D eigenvalue weighted by molar-refractivity contribution is -0.137. The predicted molar refractivity (Wildman–Crippen MR) is 127 cm³/mol. The number of hydrogen-bond acceptors (Lipinski definition) is 5. The molecule has 5 nitrogen and oxygen atoms in total. The molecule has 2 aromatic rings. The maximum atomic E-state index is 12.9. The van der Waals surface area contributed by atoms with Gasteiger partial charge in [-0.1, -0.05) is 12.1 Å². The van der Waals surface area contributed by atoms with Gasteiger partial charge in [0.2, 0.25) is 5.91 Å². The molecular weight excluding hydrogens is 477 g/mol. The number of Topliss-reactive ketones (excluding diaryl/α,β-unsaturated/α-hetero) is 1. The van der Waals surface area contributed by atoms with Crippen LogP contribution in [0.4, 0.5) is 13.2 Å². The van der Waals surface area contributed by atoms with Gasteiger partial charge in [-0.2, -0.15) is 13.2 Å². The zero-order valence-electron chi connectivity index (χ0n) is 19.8. The maximum absolute atomic E-state index is 12.9. The number of halogens is 3. The monoisotopic (exact) mass is 508 g/mol. The van der Waals surface area contributed by atoms with Crippen LogP contribution < -0.4 is 0 Å². The van der Waals surface area contributed by atoms with E-state index in [1.165, 1.54) is 12.1 Å². The highest BCUT2D eigenvalue weighted by Crippen LogP contribution is 2.43. The summed E-state index contributed by atoms with van der Waals surface area (Å²) < 4.78 is 38.7. The van der Waals surface area contributed by atoms with E-state index in [4.69, 9.17) is 0 Å². The van der Waals surface area contributed by atoms with E-state index in [0.717, 1.165) is 60.5 Å². The van der Waals surface area contributed by atoms with Crippen LogP contribution >= 0.6 is 11.3 Å². The summed E-state index contributed by atoms with van der Waals surface area (Å²) >= 11 is 1.56. The molecule has 1 aliphatic heterocycles. The number of thiazole rings is 1. The first-order valence-corrected chi connectivity index (χ1v) is 13.0. The van der Waals surface area contributed by atoms with Crippen molar-refractivity contribution < 1.29 is 27.9 Å². The van der Waals surface area contributed by atoms with Crippen molar-refractivity contribution in [3.05, 3.63) is 51.5 Å². The number of ketones is 1. The molecule has 1 aliphatic carbocycles. The zero-order chi connectivity index (χ0) is 25.2. The third-order valence-electron chi connectivity index (χ3n) is 7.40. The average molecular weight is 509 g/mol. The summed E-state index contributed by atoms with van der Waals surface area (Å²) in [7, 11) is 0. The molecule has 0 bridgehead atoms. The van der Waals surface area contributed by atoms with Crippen LogP contribution in [0.5, 0.6) is 0 Å². The fraction of sp³-hybridized carbons (Fsp3) is 0.577. The number of hydrogen-bond donors (Lipinski definition) is 1. The quantitative estimate of drug-likeness (QED) is 0.484. The van der Waals surface area contributed by atoms with E-state index in [0.29, 0.717) is 24.9 Å². The molecule has 35 heavy (non-hydrogen) atoms. The third-order valence-corrected chi connectivity index (χ3v) is 8.50. The molecule has 2 fully saturated rings. The number of alkyl halides is 3. The van der Waals surface area contributed by atoms with Crippen molar-refractivity contribution in [3.8, 4) is 0 Å². The van der Waals surface area contributed by atoms with Gasteiger partial charge in [0.25, 0.3) is 0 Å². The Balaban J connectivity index is 1.21. The van der Waals surface area contributed by atoms with Crippen LogP contribution in [0, 0.1) is 18.8 Å². The SMILES string of the molecule is Cc1ncc(C2(O)CCC(C[C@H]3CCN(C(=O)CCC(=O)c4cccc(C(F)(F)F)c4)C3)CC2)s1. The van der Waals surface area contributed by atoms with Crippen molar-refractivity contribution in [1.82, 2.24) is 9.88 Å². The maximum Gasteiger partial charge on any atom is 0.416 e. The van der Waals surface area contributed by atoms with E-state index < -0.39 is 23.1 Å². The molecule has 0 radical (unpaired) electrons. The molecular formula is C26H31F3N2O3S. The second-order valence-corrected chi connectivity index (χ2v) is 11.2. The summed E-state index contributed by atoms with van der Waals surface area (Å²) in [5, 5.41) is 12.0. The summed E-state index contributed by atoms with van der Waals surface area (Å²) in [6.45, 7) is 3.25. The van der Waals surface area contributed by atoms with E-state index in [2.05, 4.69) is 4.98 Å². The van der Waals surface area contributed by atoms with E-state index in [-0.39, 0.29) is 24.3 Å². The lowest BCUT2D eigenvalue weighted by Crippen LogP contribution is -2.32. The minimum Gasteiger partial charge on any atom is -0.384 e. The smallest absolute Gasteiger partial charge is 0.384 e. The number of nitrogens with zero attached hydrogens (tertiary/aromatic N) is 2. The first-order valence-electron chi connectivity index (χ1n) is 12.2. The van der Waals surface area contributed by atoms with Crippen molar-refractivity contribution in [1.29, 1.82) is 0 Å². The Morgan fingerprint density at radius 1 is 1.17 bits per heavy atom. The summed E-state index contributed by atoms with van der Waals surface area (Å²) in [4.78, 5) is 32.0. The number of aliphatic hydroxyl groups is 1. The van der Waals surface area contributed by atoms with Gasteiger partial charge in [-0.3, -0.25) is 9.59 Å². The normalized spacial score (nSPS) is 25.1. The number of aryl methyl sites for hydroxylation is 1. The van der Waals surface area contributed by atoms with Gasteiger partial charge in [0.15, 0.2) is 5.78 Å². The summed E-state index contributed by atoms with van der Waals surface area (Å²) in [6.07, 6.45) is 2.48. The van der Waals surface area contributed by atoms with Gasteiger partial charge in [0.05, 0.1) is 15.4 Å². The molecule has 0 unspecified atom stereocenters. The fourth-order valence-electron chi connectivity index (χ4n) is 5.33. The van der Waals surface area contributed by atoms with Crippen LogP contribution in [-0.4, -0.2) is 39.8 Å². The van der Waals surface area contributed by atoms with Crippen LogP contribution in [0.15, 0.2) is 30.5 Å². The van der Waals surface area contributed by atoms with Gasteiger partial charge in [-0.25, -0.2) is 4.98 Å². The summed E-state index contributed by atoms with van der Waals surface area (Å²) in [6, 6.07) is 4.35. The van der Waals surface area contributed by atoms with Gasteiger partial charge < -0.3 is 10.0 Å². The number of likely N-dealkylation sites (tertiary alicyclic amines) is 1. The zero-order valence-corrected chi connectivity index (χ0v) is 20.6. The third kappa shape index (κ3) is 6.30. The second kappa shape index (κ2) is 10.4. The Kier molecular flexibility index (Phi) is 7.66. The molecule has 9 heteroatoms. The number of rotatable bonds is 7. The predicted octanol–water partition coefficient (Wildman–Crippen LogP) is 5.75. The van der Waals surface area contributed by atoms with E-state index in [1.807, 2.05) is 6.92 Å². The van der Waals surface area contributed by atoms with Gasteiger partial charge in [-0.15, -0.1) is 11.3 Å². The van der Waals surface area contributed by atoms with Crippen molar-refractivity contribution in [2.75, 3.05) is 13.1 Å². The molecule has 2 aliphatic rings. The minimum absolute atomic E-state index is 0.00647. The number of amides is 1. The van der Waals surface area contributed by atoms with Gasteiger partial charge in [0.1, 0.15) is 5.60 Å². The largest absolute Gasteiger partial charge is 0.416 e. The Labute approximate surface area is 207 Å². The minimum atomic E-state index is -4.51. The molecule has 1 aromatic carbocycles. The number of carbonyl (C=O) groups is 2. The molecule has 1 N–H and O–H groups in total. The Bertz CT molecular complexity index is 1060. The molecule has 1 saturated carbocycles. The fourth-order valence-corrected chi connectivity index (χ4v) is 6.25. The topological polar surface area (TPSA) is 70.5 Å². The van der Waals surface area contributed by atoms with E-state index >= 15 is 0 Å². The standard InChI is InChI=1S/C26H31F3N2O3S/c1-17-30-15-23(35-17)25(34)10-7-18(8-11-25)13-19-9-12-31(16-19)24(33)6-5-22(32)20-3-2-4-21(14-20)26(27,28)29/h2-4,14-15,18-19,34H,5-13,16H2,1H3/t18?,19-,25?/m1/s1. The van der Waals surface area contributed by atoms with E-state index in [9.17, 15) is 27.9 Å². The Morgan fingerprint density at radius 2 is 1.91 bits per heavy atom. The lowest BCUT2D eigenvalue weighted by atomic mass is 9.75. The number of benzene rings is 1. The highest BCUT2D eigenvalue weighted by molar-refractivity contribution is 7.11. The summed E-state index contributed by atoms with van der Waals surface area (Å²) in [5.41, 5.74) is -1.65. The molecule has 190 valence electrons. The van der Waals surface area contributed by atoms with Crippen LogP contribution in [0.25, 0.3) is 0 Å². The van der Waals surface area contributed by atoms with Crippen molar-refractivity contribution in [3.63, 3.8) is 0 Å². The van der Waals surface area contributed by atoms with Crippen molar-refractivity contribution in [2.45, 2.75) is 70.1 Å². The van der Waals surface area contributed by atoms with Crippen LogP contribution in [0.3, 0.4) is 0 Å². The van der Waals surface area contributed by atoms with Crippen LogP contribution in [0.2, 0.25) is 0 Å². The highest BCUT2D eigenvalue weighted by Gasteiger charge is 2.38. The Hall–Kier alpha value is -2.26. The van der Waals surface area contributed by atoms with Gasteiger partial charge in [-0.05, 0) is 69.4 Å². The lowest BCUT2D eigenvalue weighted by Gasteiger charge is -2.36. The second-order valence-electron chi connectivity index (χ2n) is 9.95. The molecule has 1 amide bonds. The van der Waals surface area contributed by atoms with Crippen molar-refractivity contribution in [2.24, 2.45) is 11.8 Å². The molecule has 1 saturated heterocycles. The molecule has 1 aromatic heterocycles. The van der Waals surface area contributed by atoms with Gasteiger partial charge in [0, 0.05) is 37.7 Å². The average Bonchev–Trinajstić information content (AvgIpc) is 3.48. The van der Waals surface area contributed by atoms with Crippen molar-refractivity contribution >= 4 is 23.0 Å². The molecule has 1 atom stereocenters. The molecule has 4 rings (SSSR count). The first kappa shape index (κ1) is 25.8. The van der Waals surface area contributed by atoms with E-state index in [1.54, 1.807) is 22.4 Å². The van der Waals surface area contributed by atoms with Crippen LogP contribution in [-0.2, 0) is 16.6 Å². The molecule has 0 spiro atoms. The summed E-state index contributed by atoms with van der Waals surface area (Å²) in [5.74, 6) is 0.351. The first-order chi connectivity index (χ1) is 16.5. The highest BCUT2D eigenvalue weighted by atomic mass is 32.1. The Morgan fingerprint density at radius 3 is 2.57 bits per heavy atom. The van der Waals surface area contributed by atoms with Gasteiger partial charge >= 0.3 is 6.18 Å². The molecule has 2 heterocycles. The number of carbonyl (C=O) groups excluding carboxylic acids is 2.